The van der Waals surface area contributed by atoms with E-state index in [1.807, 2.05) is 25.1 Å². The molecule has 2 aliphatic rings. The molecule has 0 amide bonds. The summed E-state index contributed by atoms with van der Waals surface area (Å²) in [6, 6.07) is 7.28. The van der Waals surface area contributed by atoms with Crippen LogP contribution >= 0.6 is 23.2 Å². The molecule has 2 aromatic rings. The molecule has 29 heavy (non-hydrogen) atoms. The summed E-state index contributed by atoms with van der Waals surface area (Å²) in [5.41, 5.74) is 3.05. The average molecular weight is 435 g/mol. The summed E-state index contributed by atoms with van der Waals surface area (Å²) in [5, 5.41) is 0.913. The SMILES string of the molecule is COC(=O)c1cc(-c2cccc(Cl)c2Cl)c(C)nc1N1CCC2(CCOC2)CC1. The van der Waals surface area contributed by atoms with Crippen LogP contribution in [0.5, 0.6) is 0 Å². The first kappa shape index (κ1) is 20.5. The first-order chi connectivity index (χ1) is 13.9. The third kappa shape index (κ3) is 3.83. The summed E-state index contributed by atoms with van der Waals surface area (Å²) in [4.78, 5) is 19.6. The number of aryl methyl sites for hydroxylation is 1. The number of methoxy groups -OCH3 is 1. The summed E-state index contributed by atoms with van der Waals surface area (Å²) in [6.07, 6.45) is 3.19. The molecule has 0 unspecified atom stereocenters. The van der Waals surface area contributed by atoms with Gasteiger partial charge >= 0.3 is 5.97 Å². The van der Waals surface area contributed by atoms with Crippen LogP contribution in [0, 0.1) is 12.3 Å². The van der Waals surface area contributed by atoms with Crippen molar-refractivity contribution >= 4 is 35.0 Å². The fourth-order valence-corrected chi connectivity index (χ4v) is 4.72. The minimum absolute atomic E-state index is 0.283. The number of piperidine rings is 1. The Morgan fingerprint density at radius 1 is 1.21 bits per heavy atom. The third-order valence-corrected chi connectivity index (χ3v) is 6.97. The zero-order valence-electron chi connectivity index (χ0n) is 16.6. The number of hydrogen-bond acceptors (Lipinski definition) is 5. The van der Waals surface area contributed by atoms with Crippen LogP contribution in [-0.4, -0.2) is 44.4 Å². The maximum absolute atomic E-state index is 12.6. The van der Waals surface area contributed by atoms with E-state index in [9.17, 15) is 4.79 Å². The second-order valence-corrected chi connectivity index (χ2v) is 8.66. The predicted molar refractivity (Wildman–Crippen MR) is 115 cm³/mol. The van der Waals surface area contributed by atoms with E-state index >= 15 is 0 Å². The maximum atomic E-state index is 12.6. The molecule has 7 heteroatoms. The van der Waals surface area contributed by atoms with Gasteiger partial charge in [0.25, 0.3) is 0 Å². The van der Waals surface area contributed by atoms with Crippen LogP contribution in [0.1, 0.15) is 35.3 Å². The molecular weight excluding hydrogens is 411 g/mol. The van der Waals surface area contributed by atoms with Gasteiger partial charge in [-0.15, -0.1) is 0 Å². The Kier molecular flexibility index (Phi) is 5.74. The van der Waals surface area contributed by atoms with Gasteiger partial charge in [-0.2, -0.15) is 0 Å². The monoisotopic (exact) mass is 434 g/mol. The molecule has 5 nitrogen and oxygen atoms in total. The lowest BCUT2D eigenvalue weighted by Gasteiger charge is -2.39. The van der Waals surface area contributed by atoms with Gasteiger partial charge in [0, 0.05) is 36.5 Å². The molecule has 3 heterocycles. The largest absolute Gasteiger partial charge is 0.465 e. The molecule has 0 bridgehead atoms. The number of carbonyl (C=O) groups excluding carboxylic acids is 1. The predicted octanol–water partition coefficient (Wildman–Crippen LogP) is 5.16. The molecule has 0 atom stereocenters. The number of ether oxygens (including phenoxy) is 2. The number of nitrogens with zero attached hydrogens (tertiary/aromatic N) is 2. The Labute approximate surface area is 180 Å². The second-order valence-electron chi connectivity index (χ2n) is 7.88. The van der Waals surface area contributed by atoms with Gasteiger partial charge in [0.05, 0.1) is 23.8 Å². The molecule has 1 spiro atoms. The smallest absolute Gasteiger partial charge is 0.341 e. The van der Waals surface area contributed by atoms with Crippen molar-refractivity contribution in [2.75, 3.05) is 38.3 Å². The maximum Gasteiger partial charge on any atom is 0.341 e. The van der Waals surface area contributed by atoms with Gasteiger partial charge in [0.1, 0.15) is 11.4 Å². The summed E-state index contributed by atoms with van der Waals surface area (Å²) < 4.78 is 10.7. The highest BCUT2D eigenvalue weighted by atomic mass is 35.5. The quantitative estimate of drug-likeness (QED) is 0.624. The van der Waals surface area contributed by atoms with E-state index in [1.54, 1.807) is 6.07 Å². The normalized spacial score (nSPS) is 18.3. The summed E-state index contributed by atoms with van der Waals surface area (Å²) in [7, 11) is 1.39. The van der Waals surface area contributed by atoms with Crippen molar-refractivity contribution in [1.82, 2.24) is 4.98 Å². The van der Waals surface area contributed by atoms with Crippen LogP contribution in [0.25, 0.3) is 11.1 Å². The molecule has 154 valence electrons. The summed E-state index contributed by atoms with van der Waals surface area (Å²) in [5.74, 6) is 0.265. The third-order valence-electron chi connectivity index (χ3n) is 6.15. The van der Waals surface area contributed by atoms with Gasteiger partial charge in [-0.3, -0.25) is 0 Å². The van der Waals surface area contributed by atoms with E-state index in [-0.39, 0.29) is 5.41 Å². The minimum atomic E-state index is -0.406. The second kappa shape index (κ2) is 8.13. The Morgan fingerprint density at radius 3 is 2.62 bits per heavy atom. The van der Waals surface area contributed by atoms with E-state index in [0.717, 1.165) is 62.4 Å². The number of carbonyl (C=O) groups is 1. The number of benzene rings is 1. The molecule has 4 rings (SSSR count). The van der Waals surface area contributed by atoms with Crippen molar-refractivity contribution in [2.24, 2.45) is 5.41 Å². The number of halogens is 2. The van der Waals surface area contributed by atoms with E-state index in [0.29, 0.717) is 21.4 Å². The standard InChI is InChI=1S/C22H24Cl2N2O3/c1-14-16(15-4-3-5-18(23)19(15)24)12-17(21(27)28-2)20(25-14)26-9-6-22(7-10-26)8-11-29-13-22/h3-5,12H,6-11,13H2,1-2H3. The number of aromatic nitrogens is 1. The van der Waals surface area contributed by atoms with Gasteiger partial charge in [0.2, 0.25) is 0 Å². The molecule has 0 saturated carbocycles. The fraction of sp³-hybridized carbons (Fsp3) is 0.455. The van der Waals surface area contributed by atoms with E-state index in [4.69, 9.17) is 37.7 Å². The Morgan fingerprint density at radius 2 is 1.97 bits per heavy atom. The molecule has 0 N–H and O–H groups in total. The van der Waals surface area contributed by atoms with Crippen molar-refractivity contribution in [3.63, 3.8) is 0 Å². The topological polar surface area (TPSA) is 51.7 Å². The molecule has 1 aromatic carbocycles. The van der Waals surface area contributed by atoms with Crippen molar-refractivity contribution in [2.45, 2.75) is 26.2 Å². The van der Waals surface area contributed by atoms with Gasteiger partial charge in [0.15, 0.2) is 0 Å². The minimum Gasteiger partial charge on any atom is -0.465 e. The Hall–Kier alpha value is -1.82. The average Bonchev–Trinajstić information content (AvgIpc) is 3.18. The lowest BCUT2D eigenvalue weighted by atomic mass is 9.78. The summed E-state index contributed by atoms with van der Waals surface area (Å²) in [6.45, 7) is 5.30. The van der Waals surface area contributed by atoms with Crippen LogP contribution in [0.3, 0.4) is 0 Å². The zero-order chi connectivity index (χ0) is 20.6. The first-order valence-corrected chi connectivity index (χ1v) is 10.6. The van der Waals surface area contributed by atoms with E-state index < -0.39 is 5.97 Å². The van der Waals surface area contributed by atoms with Crippen LogP contribution in [-0.2, 0) is 9.47 Å². The first-order valence-electron chi connectivity index (χ1n) is 9.81. The lowest BCUT2D eigenvalue weighted by molar-refractivity contribution is 0.0600. The number of rotatable bonds is 3. The van der Waals surface area contributed by atoms with Crippen molar-refractivity contribution in [1.29, 1.82) is 0 Å². The zero-order valence-corrected chi connectivity index (χ0v) is 18.1. The Bertz CT molecular complexity index is 932. The number of esters is 1. The molecule has 1 aromatic heterocycles. The van der Waals surface area contributed by atoms with Crippen molar-refractivity contribution < 1.29 is 14.3 Å². The Balaban J connectivity index is 1.72. The highest BCUT2D eigenvalue weighted by Crippen LogP contribution is 2.41. The molecular formula is C22H24Cl2N2O3. The highest BCUT2D eigenvalue weighted by Gasteiger charge is 2.39. The van der Waals surface area contributed by atoms with E-state index in [1.165, 1.54) is 7.11 Å². The lowest BCUT2D eigenvalue weighted by Crippen LogP contribution is -2.41. The number of anilines is 1. The number of pyridine rings is 1. The van der Waals surface area contributed by atoms with Crippen molar-refractivity contribution in [3.05, 3.63) is 45.6 Å². The molecule has 2 aliphatic heterocycles. The van der Waals surface area contributed by atoms with Gasteiger partial charge < -0.3 is 14.4 Å². The number of hydrogen-bond donors (Lipinski definition) is 0. The molecule has 2 saturated heterocycles. The van der Waals surface area contributed by atoms with E-state index in [2.05, 4.69) is 4.90 Å². The van der Waals surface area contributed by atoms with Gasteiger partial charge in [-0.25, -0.2) is 9.78 Å². The van der Waals surface area contributed by atoms with Gasteiger partial charge in [-0.05, 0) is 43.7 Å². The summed E-state index contributed by atoms with van der Waals surface area (Å²) >= 11 is 12.6. The molecule has 0 aliphatic carbocycles. The van der Waals surface area contributed by atoms with Crippen LogP contribution in [0.4, 0.5) is 5.82 Å². The van der Waals surface area contributed by atoms with Crippen LogP contribution in [0.15, 0.2) is 24.3 Å². The highest BCUT2D eigenvalue weighted by molar-refractivity contribution is 6.43. The van der Waals surface area contributed by atoms with Gasteiger partial charge in [-0.1, -0.05) is 35.3 Å². The van der Waals surface area contributed by atoms with Crippen LogP contribution < -0.4 is 4.90 Å². The van der Waals surface area contributed by atoms with Crippen LogP contribution in [0.2, 0.25) is 10.0 Å². The molecule has 2 fully saturated rings. The molecule has 0 radical (unpaired) electrons. The fourth-order valence-electron chi connectivity index (χ4n) is 4.32. The van der Waals surface area contributed by atoms with Crippen molar-refractivity contribution in [3.8, 4) is 11.1 Å².